The molecule has 0 bridgehead atoms. The van der Waals surface area contributed by atoms with Crippen LogP contribution in [0.2, 0.25) is 0 Å². The molecule has 0 saturated heterocycles. The number of rotatable bonds is 4. The maximum absolute atomic E-state index is 10.5. The van der Waals surface area contributed by atoms with Crippen molar-refractivity contribution < 1.29 is 0 Å². The van der Waals surface area contributed by atoms with Crippen LogP contribution in [0, 0.1) is 29.2 Å². The summed E-state index contributed by atoms with van der Waals surface area (Å²) in [5.74, 6) is 0. The number of nitriles is 2. The Morgan fingerprint density at radius 2 is 1.14 bits per heavy atom. The number of para-hydroxylation sites is 4. The van der Waals surface area contributed by atoms with Gasteiger partial charge >= 0.3 is 0 Å². The van der Waals surface area contributed by atoms with E-state index in [0.29, 0.717) is 16.8 Å². The first kappa shape index (κ1) is 28.8. The van der Waals surface area contributed by atoms with E-state index in [2.05, 4.69) is 98.9 Å². The molecule has 0 spiro atoms. The van der Waals surface area contributed by atoms with E-state index in [1.54, 1.807) is 0 Å². The Morgan fingerprint density at radius 3 is 1.90 bits per heavy atom. The predicted molar refractivity (Wildman–Crippen MR) is 202 cm³/mol. The molecular formula is C45H25N5. The first-order valence-corrected chi connectivity index (χ1v) is 16.3. The fourth-order valence-electron chi connectivity index (χ4n) is 7.44. The van der Waals surface area contributed by atoms with Crippen molar-refractivity contribution in [2.45, 2.75) is 0 Å². The molecule has 50 heavy (non-hydrogen) atoms. The molecule has 0 unspecified atom stereocenters. The van der Waals surface area contributed by atoms with Crippen molar-refractivity contribution in [2.75, 3.05) is 0 Å². The maximum atomic E-state index is 10.5. The molecule has 0 saturated carbocycles. The molecule has 0 radical (unpaired) electrons. The van der Waals surface area contributed by atoms with Crippen LogP contribution in [0.15, 0.2) is 152 Å². The molecule has 9 aromatic rings. The van der Waals surface area contributed by atoms with Gasteiger partial charge in [-0.1, -0.05) is 97.1 Å². The highest BCUT2D eigenvalue weighted by Gasteiger charge is 2.19. The summed E-state index contributed by atoms with van der Waals surface area (Å²) in [5.41, 5.74) is 11.2. The SMILES string of the molecule is [C-]#[N+]c1ccc2c(c1)c1cccc(C#N)c1n2-c1cccc(-c2ccc(-c3ccccc3-n3c4ccccc4c4ccccc43)c(C#N)c2)c1. The quantitative estimate of drug-likeness (QED) is 0.181. The Balaban J connectivity index is 1.20. The third-order valence-corrected chi connectivity index (χ3v) is 9.61. The van der Waals surface area contributed by atoms with Gasteiger partial charge in [0.05, 0.1) is 51.5 Å². The lowest BCUT2D eigenvalue weighted by atomic mass is 9.94. The van der Waals surface area contributed by atoms with Crippen LogP contribution in [0.3, 0.4) is 0 Å². The average molecular weight is 636 g/mol. The molecule has 0 aliphatic carbocycles. The van der Waals surface area contributed by atoms with Gasteiger partial charge < -0.3 is 9.13 Å². The van der Waals surface area contributed by atoms with Crippen molar-refractivity contribution in [1.82, 2.24) is 9.13 Å². The Morgan fingerprint density at radius 1 is 0.480 bits per heavy atom. The summed E-state index contributed by atoms with van der Waals surface area (Å²) < 4.78 is 4.39. The van der Waals surface area contributed by atoms with Gasteiger partial charge in [0.25, 0.3) is 0 Å². The van der Waals surface area contributed by atoms with Crippen LogP contribution in [-0.2, 0) is 0 Å². The van der Waals surface area contributed by atoms with Crippen molar-refractivity contribution in [3.8, 4) is 45.8 Å². The van der Waals surface area contributed by atoms with Crippen LogP contribution in [0.4, 0.5) is 5.69 Å². The summed E-state index contributed by atoms with van der Waals surface area (Å²) in [4.78, 5) is 3.65. The summed E-state index contributed by atoms with van der Waals surface area (Å²) in [5, 5.41) is 24.8. The van der Waals surface area contributed by atoms with Crippen LogP contribution in [-0.4, -0.2) is 9.13 Å². The highest BCUT2D eigenvalue weighted by Crippen LogP contribution is 2.39. The zero-order chi connectivity index (χ0) is 33.8. The van der Waals surface area contributed by atoms with Gasteiger partial charge in [-0.2, -0.15) is 10.5 Å². The van der Waals surface area contributed by atoms with E-state index in [1.807, 2.05) is 78.9 Å². The van der Waals surface area contributed by atoms with Gasteiger partial charge in [-0.05, 0) is 71.1 Å². The topological polar surface area (TPSA) is 61.8 Å². The zero-order valence-electron chi connectivity index (χ0n) is 26.7. The van der Waals surface area contributed by atoms with Crippen molar-refractivity contribution >= 4 is 49.3 Å². The molecule has 0 atom stereocenters. The van der Waals surface area contributed by atoms with Crippen LogP contribution in [0.1, 0.15) is 11.1 Å². The lowest BCUT2D eigenvalue weighted by Crippen LogP contribution is -1.98. The first-order chi connectivity index (χ1) is 24.7. The van der Waals surface area contributed by atoms with Gasteiger partial charge in [0.1, 0.15) is 6.07 Å². The monoisotopic (exact) mass is 635 g/mol. The number of hydrogen-bond acceptors (Lipinski definition) is 2. The van der Waals surface area contributed by atoms with Crippen molar-refractivity contribution in [2.24, 2.45) is 0 Å². The second kappa shape index (κ2) is 11.4. The number of aromatic nitrogens is 2. The number of nitrogens with zero attached hydrogens (tertiary/aromatic N) is 5. The smallest absolute Gasteiger partial charge is 0.188 e. The minimum atomic E-state index is 0.552. The van der Waals surface area contributed by atoms with Gasteiger partial charge in [-0.25, -0.2) is 4.85 Å². The zero-order valence-corrected chi connectivity index (χ0v) is 26.7. The minimum absolute atomic E-state index is 0.552. The van der Waals surface area contributed by atoms with E-state index in [4.69, 9.17) is 6.57 Å². The number of benzene rings is 7. The van der Waals surface area contributed by atoms with E-state index < -0.39 is 0 Å². The second-order valence-corrected chi connectivity index (χ2v) is 12.3. The summed E-state index contributed by atoms with van der Waals surface area (Å²) in [6.45, 7) is 7.56. The molecule has 2 aromatic heterocycles. The highest BCUT2D eigenvalue weighted by molar-refractivity contribution is 6.12. The molecule has 0 aliphatic heterocycles. The van der Waals surface area contributed by atoms with Gasteiger partial charge in [-0.3, -0.25) is 0 Å². The minimum Gasteiger partial charge on any atom is -0.309 e. The first-order valence-electron chi connectivity index (χ1n) is 16.3. The molecule has 0 N–H and O–H groups in total. The maximum Gasteiger partial charge on any atom is 0.188 e. The van der Waals surface area contributed by atoms with Crippen LogP contribution in [0.5, 0.6) is 0 Å². The average Bonchev–Trinajstić information content (AvgIpc) is 3.70. The van der Waals surface area contributed by atoms with Crippen LogP contribution >= 0.6 is 0 Å². The summed E-state index contributed by atoms with van der Waals surface area (Å²) in [6.07, 6.45) is 0. The molecule has 2 heterocycles. The van der Waals surface area contributed by atoms with E-state index in [9.17, 15) is 10.5 Å². The summed E-state index contributed by atoms with van der Waals surface area (Å²) in [6, 6.07) is 55.6. The fraction of sp³-hybridized carbons (Fsp3) is 0. The van der Waals surface area contributed by atoms with E-state index in [1.165, 1.54) is 10.8 Å². The number of fused-ring (bicyclic) bond motifs is 6. The standard InChI is InChI=1S/C45H25N5/c1-48-33-21-23-44-40(26-33)39-16-9-11-31(27-46)45(39)49(44)34-12-8-10-29(25-34)30-20-22-35(32(24-30)28-47)36-13-2-5-17-41(36)50-42-18-6-3-14-37(42)38-15-4-7-19-43(38)50/h2-26H. The Kier molecular flexibility index (Phi) is 6.56. The third-order valence-electron chi connectivity index (χ3n) is 9.61. The summed E-state index contributed by atoms with van der Waals surface area (Å²) >= 11 is 0. The molecule has 0 fully saturated rings. The Bertz CT molecular complexity index is 2920. The van der Waals surface area contributed by atoms with Gasteiger partial charge in [0, 0.05) is 33.0 Å². The molecule has 0 amide bonds. The molecule has 230 valence electrons. The van der Waals surface area contributed by atoms with Crippen LogP contribution < -0.4 is 0 Å². The lowest BCUT2D eigenvalue weighted by Gasteiger charge is -2.16. The predicted octanol–water partition coefficient (Wildman–Crippen LogP) is 11.5. The van der Waals surface area contributed by atoms with Gasteiger partial charge in [0.2, 0.25) is 0 Å². The second-order valence-electron chi connectivity index (χ2n) is 12.3. The number of hydrogen-bond donors (Lipinski definition) is 0. The Labute approximate surface area is 288 Å². The normalized spacial score (nSPS) is 11.1. The lowest BCUT2D eigenvalue weighted by molar-refractivity contribution is 1.18. The fourth-order valence-corrected chi connectivity index (χ4v) is 7.44. The van der Waals surface area contributed by atoms with E-state index in [0.717, 1.165) is 66.5 Å². The van der Waals surface area contributed by atoms with Gasteiger partial charge in [-0.15, -0.1) is 0 Å². The highest BCUT2D eigenvalue weighted by atomic mass is 15.0. The largest absolute Gasteiger partial charge is 0.309 e. The Hall–Kier alpha value is -7.39. The van der Waals surface area contributed by atoms with Crippen molar-refractivity contribution in [3.05, 3.63) is 174 Å². The molecule has 9 rings (SSSR count). The molecule has 7 aromatic carbocycles. The molecule has 5 nitrogen and oxygen atoms in total. The van der Waals surface area contributed by atoms with Crippen molar-refractivity contribution in [1.29, 1.82) is 10.5 Å². The van der Waals surface area contributed by atoms with Gasteiger partial charge in [0.15, 0.2) is 5.69 Å². The third kappa shape index (κ3) is 4.31. The summed E-state index contributed by atoms with van der Waals surface area (Å²) in [7, 11) is 0. The van der Waals surface area contributed by atoms with E-state index >= 15 is 0 Å². The molecule has 5 heteroatoms. The molecule has 0 aliphatic rings. The molecular weight excluding hydrogens is 611 g/mol. The van der Waals surface area contributed by atoms with Crippen molar-refractivity contribution in [3.63, 3.8) is 0 Å². The van der Waals surface area contributed by atoms with Crippen LogP contribution in [0.25, 0.3) is 82.1 Å². The van der Waals surface area contributed by atoms with E-state index in [-0.39, 0.29) is 0 Å².